The Kier molecular flexibility index (Phi) is 3.22. The summed E-state index contributed by atoms with van der Waals surface area (Å²) in [5.41, 5.74) is 5.09. The molecule has 3 rings (SSSR count). The summed E-state index contributed by atoms with van der Waals surface area (Å²) in [5.74, 6) is 0.486. The summed E-state index contributed by atoms with van der Waals surface area (Å²) >= 11 is 0. The van der Waals surface area contributed by atoms with Gasteiger partial charge in [-0.3, -0.25) is 4.79 Å². The molecule has 0 saturated heterocycles. The van der Waals surface area contributed by atoms with Crippen molar-refractivity contribution in [1.29, 1.82) is 0 Å². The van der Waals surface area contributed by atoms with E-state index < -0.39 is 0 Å². The first-order valence-electron chi connectivity index (χ1n) is 6.79. The topological polar surface area (TPSA) is 55.1 Å². The molecule has 106 valence electrons. The summed E-state index contributed by atoms with van der Waals surface area (Å²) in [7, 11) is 0. The zero-order chi connectivity index (χ0) is 15.0. The third-order valence-electron chi connectivity index (χ3n) is 3.52. The Balaban J connectivity index is 1.86. The first-order valence-corrected chi connectivity index (χ1v) is 6.79. The molecule has 0 bridgehead atoms. The third kappa shape index (κ3) is 2.65. The number of anilines is 1. The van der Waals surface area contributed by atoms with Crippen LogP contribution in [-0.2, 0) is 0 Å². The number of rotatable bonds is 2. The maximum Gasteiger partial charge on any atom is 0.255 e. The van der Waals surface area contributed by atoms with Crippen LogP contribution in [0.3, 0.4) is 0 Å². The monoisotopic (exact) mass is 280 g/mol. The molecule has 4 heteroatoms. The Morgan fingerprint density at radius 1 is 1.05 bits per heavy atom. The van der Waals surface area contributed by atoms with E-state index in [0.717, 1.165) is 16.7 Å². The van der Waals surface area contributed by atoms with Crippen LogP contribution in [0.15, 0.2) is 40.8 Å². The van der Waals surface area contributed by atoms with Gasteiger partial charge in [0, 0.05) is 18.2 Å². The van der Waals surface area contributed by atoms with Gasteiger partial charge in [0.25, 0.3) is 5.91 Å². The Hall–Kier alpha value is -2.62. The number of carbonyl (C=O) groups is 1. The van der Waals surface area contributed by atoms with Crippen LogP contribution in [0.25, 0.3) is 11.1 Å². The van der Waals surface area contributed by atoms with Crippen LogP contribution in [0.2, 0.25) is 0 Å². The Morgan fingerprint density at radius 2 is 1.86 bits per heavy atom. The van der Waals surface area contributed by atoms with E-state index in [2.05, 4.69) is 10.3 Å². The maximum atomic E-state index is 12.3. The standard InChI is InChI=1S/C17H16N2O2/c1-10-4-5-13(8-11(10)2)17(20)19-14-6-7-16-15(9-14)18-12(3)21-16/h4-9H,1-3H3,(H,19,20). The summed E-state index contributed by atoms with van der Waals surface area (Å²) in [6.45, 7) is 5.82. The van der Waals surface area contributed by atoms with E-state index in [1.807, 2.05) is 50.2 Å². The number of hydrogen-bond acceptors (Lipinski definition) is 3. The van der Waals surface area contributed by atoms with Gasteiger partial charge in [-0.15, -0.1) is 0 Å². The normalized spacial score (nSPS) is 10.8. The van der Waals surface area contributed by atoms with Crippen molar-refractivity contribution in [2.45, 2.75) is 20.8 Å². The molecule has 0 saturated carbocycles. The van der Waals surface area contributed by atoms with Gasteiger partial charge in [-0.2, -0.15) is 0 Å². The quantitative estimate of drug-likeness (QED) is 0.771. The van der Waals surface area contributed by atoms with Crippen molar-refractivity contribution in [3.63, 3.8) is 0 Å². The number of benzene rings is 2. The van der Waals surface area contributed by atoms with Crippen LogP contribution in [0.4, 0.5) is 5.69 Å². The lowest BCUT2D eigenvalue weighted by Gasteiger charge is -2.07. The van der Waals surface area contributed by atoms with Crippen molar-refractivity contribution < 1.29 is 9.21 Å². The van der Waals surface area contributed by atoms with Crippen LogP contribution in [0.1, 0.15) is 27.4 Å². The lowest BCUT2D eigenvalue weighted by Crippen LogP contribution is -2.12. The minimum absolute atomic E-state index is 0.127. The summed E-state index contributed by atoms with van der Waals surface area (Å²) in [6.07, 6.45) is 0. The van der Waals surface area contributed by atoms with Gasteiger partial charge in [0.1, 0.15) is 5.52 Å². The van der Waals surface area contributed by atoms with E-state index in [9.17, 15) is 4.79 Å². The minimum Gasteiger partial charge on any atom is -0.441 e. The average molecular weight is 280 g/mol. The lowest BCUT2D eigenvalue weighted by atomic mass is 10.1. The van der Waals surface area contributed by atoms with Gasteiger partial charge in [-0.25, -0.2) is 4.98 Å². The van der Waals surface area contributed by atoms with E-state index in [0.29, 0.717) is 17.1 Å². The highest BCUT2D eigenvalue weighted by molar-refractivity contribution is 6.05. The molecule has 0 radical (unpaired) electrons. The van der Waals surface area contributed by atoms with Crippen molar-refractivity contribution in [2.24, 2.45) is 0 Å². The summed E-state index contributed by atoms with van der Waals surface area (Å²) in [4.78, 5) is 16.5. The lowest BCUT2D eigenvalue weighted by molar-refractivity contribution is 0.102. The number of amides is 1. The molecule has 1 amide bonds. The number of nitrogens with zero attached hydrogens (tertiary/aromatic N) is 1. The van der Waals surface area contributed by atoms with Gasteiger partial charge >= 0.3 is 0 Å². The number of oxazole rings is 1. The zero-order valence-electron chi connectivity index (χ0n) is 12.2. The van der Waals surface area contributed by atoms with Gasteiger partial charge in [0.05, 0.1) is 0 Å². The Labute approximate surface area is 122 Å². The first kappa shape index (κ1) is 13.4. The van der Waals surface area contributed by atoms with Crippen LogP contribution in [0.5, 0.6) is 0 Å². The van der Waals surface area contributed by atoms with Gasteiger partial charge in [-0.05, 0) is 55.3 Å². The van der Waals surface area contributed by atoms with Gasteiger partial charge < -0.3 is 9.73 Å². The van der Waals surface area contributed by atoms with Crippen LogP contribution >= 0.6 is 0 Å². The molecular weight excluding hydrogens is 264 g/mol. The number of hydrogen-bond donors (Lipinski definition) is 1. The molecule has 3 aromatic rings. The second kappa shape index (κ2) is 5.05. The molecule has 1 N–H and O–H groups in total. The van der Waals surface area contributed by atoms with Crippen molar-refractivity contribution in [1.82, 2.24) is 4.98 Å². The van der Waals surface area contributed by atoms with Crippen LogP contribution in [-0.4, -0.2) is 10.9 Å². The van der Waals surface area contributed by atoms with Crippen molar-refractivity contribution >= 4 is 22.7 Å². The van der Waals surface area contributed by atoms with Gasteiger partial charge in [-0.1, -0.05) is 6.07 Å². The highest BCUT2D eigenvalue weighted by atomic mass is 16.3. The largest absolute Gasteiger partial charge is 0.441 e. The molecule has 21 heavy (non-hydrogen) atoms. The second-order valence-corrected chi connectivity index (χ2v) is 5.17. The van der Waals surface area contributed by atoms with Gasteiger partial charge in [0.2, 0.25) is 0 Å². The molecule has 0 fully saturated rings. The van der Waals surface area contributed by atoms with E-state index in [-0.39, 0.29) is 5.91 Å². The molecule has 0 atom stereocenters. The summed E-state index contributed by atoms with van der Waals surface area (Å²) in [5, 5.41) is 2.89. The van der Waals surface area contributed by atoms with E-state index >= 15 is 0 Å². The summed E-state index contributed by atoms with van der Waals surface area (Å²) in [6, 6.07) is 11.1. The smallest absolute Gasteiger partial charge is 0.255 e. The van der Waals surface area contributed by atoms with E-state index in [4.69, 9.17) is 4.42 Å². The molecule has 2 aromatic carbocycles. The molecule has 0 aliphatic carbocycles. The van der Waals surface area contributed by atoms with Crippen LogP contribution < -0.4 is 5.32 Å². The predicted molar refractivity (Wildman–Crippen MR) is 82.6 cm³/mol. The van der Waals surface area contributed by atoms with Crippen molar-refractivity contribution in [3.05, 3.63) is 59.0 Å². The highest BCUT2D eigenvalue weighted by Gasteiger charge is 2.09. The zero-order valence-corrected chi connectivity index (χ0v) is 12.2. The van der Waals surface area contributed by atoms with Gasteiger partial charge in [0.15, 0.2) is 11.5 Å². The fourth-order valence-corrected chi connectivity index (χ4v) is 2.21. The maximum absolute atomic E-state index is 12.3. The molecule has 0 spiro atoms. The van der Waals surface area contributed by atoms with Crippen molar-refractivity contribution in [3.8, 4) is 0 Å². The fraction of sp³-hybridized carbons (Fsp3) is 0.176. The number of fused-ring (bicyclic) bond motifs is 1. The Bertz CT molecular complexity index is 834. The highest BCUT2D eigenvalue weighted by Crippen LogP contribution is 2.20. The fourth-order valence-electron chi connectivity index (χ4n) is 2.21. The average Bonchev–Trinajstić information content (AvgIpc) is 2.81. The third-order valence-corrected chi connectivity index (χ3v) is 3.52. The molecular formula is C17H16N2O2. The molecule has 1 aromatic heterocycles. The van der Waals surface area contributed by atoms with E-state index in [1.165, 1.54) is 5.56 Å². The summed E-state index contributed by atoms with van der Waals surface area (Å²) < 4.78 is 5.42. The molecule has 0 aliphatic rings. The second-order valence-electron chi connectivity index (χ2n) is 5.17. The number of carbonyl (C=O) groups excluding carboxylic acids is 1. The predicted octanol–water partition coefficient (Wildman–Crippen LogP) is 4.01. The number of aromatic nitrogens is 1. The first-order chi connectivity index (χ1) is 10.0. The molecule has 1 heterocycles. The number of aryl methyl sites for hydroxylation is 3. The van der Waals surface area contributed by atoms with Crippen molar-refractivity contribution in [2.75, 3.05) is 5.32 Å². The van der Waals surface area contributed by atoms with E-state index in [1.54, 1.807) is 6.92 Å². The molecule has 0 unspecified atom stereocenters. The SMILES string of the molecule is Cc1nc2cc(NC(=O)c3ccc(C)c(C)c3)ccc2o1. The molecule has 0 aliphatic heterocycles. The Morgan fingerprint density at radius 3 is 2.62 bits per heavy atom. The van der Waals surface area contributed by atoms with Crippen LogP contribution in [0, 0.1) is 20.8 Å². The molecule has 4 nitrogen and oxygen atoms in total. The number of nitrogens with one attached hydrogen (secondary N) is 1. The minimum atomic E-state index is -0.127.